The van der Waals surface area contributed by atoms with Gasteiger partial charge >= 0.3 is 20.4 Å². The van der Waals surface area contributed by atoms with Crippen LogP contribution in [0.5, 0.6) is 0 Å². The van der Waals surface area contributed by atoms with Crippen molar-refractivity contribution >= 4 is 20.4 Å². The van der Waals surface area contributed by atoms with Crippen molar-refractivity contribution in [3.63, 3.8) is 0 Å². The Labute approximate surface area is 56.2 Å². The third-order valence-corrected chi connectivity index (χ3v) is 0.987. The molecule has 0 saturated heterocycles. The Morgan fingerprint density at radius 3 is 1.60 bits per heavy atom. The fourth-order valence-electron chi connectivity index (χ4n) is 0.166. The number of primary amides is 2. The standard InChI is InChI=1S/C2H3N2O5P/c3-1(5)8-10(7)9-2(4)6/h(H3-,3,4,5,6)/p+1. The second-order valence-electron chi connectivity index (χ2n) is 1.04. The Bertz CT molecular complexity index is 160. The molecule has 56 valence electrons. The largest absolute Gasteiger partial charge is 0.815 e. The summed E-state index contributed by atoms with van der Waals surface area (Å²) in [6.07, 6.45) is -2.61. The molecule has 0 saturated carbocycles. The average molecular weight is 167 g/mol. The van der Waals surface area contributed by atoms with E-state index in [2.05, 4.69) is 20.5 Å². The van der Waals surface area contributed by atoms with Crippen molar-refractivity contribution in [2.24, 2.45) is 11.5 Å². The van der Waals surface area contributed by atoms with Gasteiger partial charge in [-0.15, -0.1) is 0 Å². The molecule has 0 fully saturated rings. The molecule has 8 heteroatoms. The van der Waals surface area contributed by atoms with Crippen LogP contribution in [0.25, 0.3) is 0 Å². The molecule has 2 amide bonds. The summed E-state index contributed by atoms with van der Waals surface area (Å²) in [6, 6.07) is 0. The van der Waals surface area contributed by atoms with E-state index in [0.717, 1.165) is 0 Å². The van der Waals surface area contributed by atoms with Crippen LogP contribution in [0, 0.1) is 0 Å². The molecule has 0 aliphatic carbocycles. The van der Waals surface area contributed by atoms with Gasteiger partial charge in [-0.3, -0.25) is 0 Å². The summed E-state index contributed by atoms with van der Waals surface area (Å²) in [5.41, 5.74) is 8.78. The number of amides is 2. The number of hydrogen-bond acceptors (Lipinski definition) is 5. The summed E-state index contributed by atoms with van der Waals surface area (Å²) >= 11 is 0. The zero-order chi connectivity index (χ0) is 8.15. The van der Waals surface area contributed by atoms with Gasteiger partial charge in [-0.1, -0.05) is 0 Å². The highest BCUT2D eigenvalue weighted by Gasteiger charge is 2.28. The highest BCUT2D eigenvalue weighted by atomic mass is 31.1. The van der Waals surface area contributed by atoms with Crippen molar-refractivity contribution in [2.45, 2.75) is 0 Å². The molecule has 0 aromatic heterocycles. The number of carbonyl (C=O) groups is 2. The highest BCUT2D eigenvalue weighted by molar-refractivity contribution is 7.34. The lowest BCUT2D eigenvalue weighted by Gasteiger charge is -1.80. The van der Waals surface area contributed by atoms with Crippen LogP contribution in [0.15, 0.2) is 0 Å². The Kier molecular flexibility index (Phi) is 3.13. The minimum atomic E-state index is -2.86. The minimum absolute atomic E-state index is 1.30. The molecule has 7 nitrogen and oxygen atoms in total. The third kappa shape index (κ3) is 4.79. The molecule has 0 spiro atoms. The van der Waals surface area contributed by atoms with Gasteiger partial charge in [0.15, 0.2) is 0 Å². The van der Waals surface area contributed by atoms with Gasteiger partial charge in [-0.05, 0) is 0 Å². The van der Waals surface area contributed by atoms with Crippen LogP contribution in [0.1, 0.15) is 0 Å². The minimum Gasteiger partial charge on any atom is -0.331 e. The van der Waals surface area contributed by atoms with Gasteiger partial charge in [0.05, 0.1) is 0 Å². The van der Waals surface area contributed by atoms with Crippen LogP contribution in [0.2, 0.25) is 0 Å². The molecular formula is C2H4N2O5P+. The van der Waals surface area contributed by atoms with Crippen LogP contribution in [0.4, 0.5) is 9.59 Å². The normalized spacial score (nSPS) is 8.00. The van der Waals surface area contributed by atoms with Crippen LogP contribution in [-0.4, -0.2) is 12.2 Å². The Morgan fingerprint density at radius 1 is 1.10 bits per heavy atom. The molecule has 0 bridgehead atoms. The zero-order valence-corrected chi connectivity index (χ0v) is 5.54. The molecule has 0 aliphatic heterocycles. The van der Waals surface area contributed by atoms with E-state index in [0.29, 0.717) is 0 Å². The first-order valence-corrected chi connectivity index (χ1v) is 3.04. The van der Waals surface area contributed by atoms with Gasteiger partial charge in [0, 0.05) is 4.57 Å². The fourth-order valence-corrected chi connectivity index (χ4v) is 0.497. The van der Waals surface area contributed by atoms with Crippen LogP contribution in [-0.2, 0) is 13.6 Å². The summed E-state index contributed by atoms with van der Waals surface area (Å²) in [5, 5.41) is 0. The van der Waals surface area contributed by atoms with E-state index in [1.54, 1.807) is 0 Å². The first-order valence-electron chi connectivity index (χ1n) is 1.94. The van der Waals surface area contributed by atoms with Crippen molar-refractivity contribution in [1.29, 1.82) is 0 Å². The second kappa shape index (κ2) is 3.62. The van der Waals surface area contributed by atoms with E-state index in [4.69, 9.17) is 0 Å². The topological polar surface area (TPSA) is 122 Å². The van der Waals surface area contributed by atoms with Crippen LogP contribution in [0.3, 0.4) is 0 Å². The maximum absolute atomic E-state index is 10.2. The average Bonchev–Trinajstić information content (AvgIpc) is 1.58. The van der Waals surface area contributed by atoms with E-state index in [9.17, 15) is 14.2 Å². The molecule has 10 heavy (non-hydrogen) atoms. The van der Waals surface area contributed by atoms with E-state index in [1.807, 2.05) is 0 Å². The maximum Gasteiger partial charge on any atom is 0.815 e. The first-order chi connectivity index (χ1) is 4.52. The van der Waals surface area contributed by atoms with Gasteiger partial charge in [-0.2, -0.15) is 9.05 Å². The van der Waals surface area contributed by atoms with Gasteiger partial charge in [0.2, 0.25) is 0 Å². The monoisotopic (exact) mass is 167 g/mol. The number of nitrogens with two attached hydrogens (primary N) is 2. The molecule has 0 aromatic carbocycles. The van der Waals surface area contributed by atoms with Gasteiger partial charge in [0.1, 0.15) is 0 Å². The summed E-state index contributed by atoms with van der Waals surface area (Å²) in [7, 11) is -2.86. The lowest BCUT2D eigenvalue weighted by Crippen LogP contribution is -2.13. The molecule has 4 N–H and O–H groups in total. The number of carbonyl (C=O) groups excluding carboxylic acids is 2. The number of hydrogen-bond donors (Lipinski definition) is 2. The predicted molar refractivity (Wildman–Crippen MR) is 28.9 cm³/mol. The van der Waals surface area contributed by atoms with E-state index in [-0.39, 0.29) is 0 Å². The van der Waals surface area contributed by atoms with Crippen molar-refractivity contribution in [3.8, 4) is 0 Å². The molecule has 0 heterocycles. The molecule has 0 atom stereocenters. The lowest BCUT2D eigenvalue weighted by atomic mass is 11.3. The van der Waals surface area contributed by atoms with Gasteiger partial charge in [0.25, 0.3) is 0 Å². The summed E-state index contributed by atoms with van der Waals surface area (Å²) in [4.78, 5) is 19.6. The molecule has 0 aliphatic rings. The smallest absolute Gasteiger partial charge is 0.331 e. The molecule has 0 unspecified atom stereocenters. The molecule has 0 rings (SSSR count). The Balaban J connectivity index is 3.65. The second-order valence-corrected chi connectivity index (χ2v) is 1.86. The molecular weight excluding hydrogens is 163 g/mol. The van der Waals surface area contributed by atoms with E-state index >= 15 is 0 Å². The fraction of sp³-hybridized carbons (Fsp3) is 0. The quantitative estimate of drug-likeness (QED) is 0.553. The van der Waals surface area contributed by atoms with Gasteiger partial charge in [-0.25, -0.2) is 9.59 Å². The third-order valence-electron chi connectivity index (χ3n) is 0.329. The zero-order valence-electron chi connectivity index (χ0n) is 4.64. The van der Waals surface area contributed by atoms with Gasteiger partial charge < -0.3 is 11.5 Å². The maximum atomic E-state index is 10.2. The van der Waals surface area contributed by atoms with Crippen molar-refractivity contribution in [2.75, 3.05) is 0 Å². The summed E-state index contributed by atoms with van der Waals surface area (Å²) < 4.78 is 17.5. The number of rotatable bonds is 2. The Morgan fingerprint density at radius 2 is 1.40 bits per heavy atom. The van der Waals surface area contributed by atoms with Crippen molar-refractivity contribution in [1.82, 2.24) is 0 Å². The summed E-state index contributed by atoms with van der Waals surface area (Å²) in [5.74, 6) is 0. The lowest BCUT2D eigenvalue weighted by molar-refractivity contribution is 0.192. The molecule has 0 aromatic rings. The molecule has 0 radical (unpaired) electrons. The van der Waals surface area contributed by atoms with Crippen molar-refractivity contribution in [3.05, 3.63) is 0 Å². The first kappa shape index (κ1) is 8.64. The summed E-state index contributed by atoms with van der Waals surface area (Å²) in [6.45, 7) is 0. The van der Waals surface area contributed by atoms with Crippen molar-refractivity contribution < 1.29 is 23.2 Å². The SMILES string of the molecule is NC(=O)O[P+](=O)OC(N)=O. The van der Waals surface area contributed by atoms with E-state index < -0.39 is 20.4 Å². The predicted octanol–water partition coefficient (Wildman–Crippen LogP) is -0.166. The van der Waals surface area contributed by atoms with Crippen LogP contribution < -0.4 is 11.5 Å². The van der Waals surface area contributed by atoms with Crippen LogP contribution >= 0.6 is 8.25 Å². The van der Waals surface area contributed by atoms with E-state index in [1.165, 1.54) is 0 Å². The Hall–Kier alpha value is -1.36. The highest BCUT2D eigenvalue weighted by Crippen LogP contribution is 2.22.